The maximum Gasteiger partial charge on any atom is 0.425 e. The van der Waals surface area contributed by atoms with E-state index in [9.17, 15) is 13.2 Å². The van der Waals surface area contributed by atoms with Crippen molar-refractivity contribution < 1.29 is 17.9 Å². The molecular weight excluding hydrogens is 288 g/mol. The highest BCUT2D eigenvalue weighted by Crippen LogP contribution is 2.40. The van der Waals surface area contributed by atoms with Crippen LogP contribution in [0.15, 0.2) is 4.99 Å². The zero-order valence-corrected chi connectivity index (χ0v) is 13.2. The molecule has 2 rings (SSSR count). The fourth-order valence-electron chi connectivity index (χ4n) is 1.98. The first kappa shape index (κ1) is 14.6. The van der Waals surface area contributed by atoms with Crippen molar-refractivity contribution in [3.05, 3.63) is 0 Å². The second-order valence-corrected chi connectivity index (χ2v) is 8.86. The van der Waals surface area contributed by atoms with Gasteiger partial charge >= 0.3 is 6.09 Å². The highest BCUT2D eigenvalue weighted by atomic mass is 32.2. The molecule has 2 aliphatic rings. The van der Waals surface area contributed by atoms with E-state index < -0.39 is 32.5 Å². The minimum absolute atomic E-state index is 0.118. The van der Waals surface area contributed by atoms with Gasteiger partial charge in [0.2, 0.25) is 5.37 Å². The van der Waals surface area contributed by atoms with Crippen LogP contribution in [0.4, 0.5) is 4.79 Å². The summed E-state index contributed by atoms with van der Waals surface area (Å²) in [6.45, 7) is 8.82. The predicted molar refractivity (Wildman–Crippen MR) is 74.4 cm³/mol. The number of thioether (sulfide) groups is 1. The first-order valence-corrected chi connectivity index (χ1v) is 8.42. The summed E-state index contributed by atoms with van der Waals surface area (Å²) in [4.78, 5) is 16.2. The zero-order chi connectivity index (χ0) is 14.6. The fraction of sp³-hybridized carbons (Fsp3) is 0.818. The molecule has 0 aromatic carbocycles. The van der Waals surface area contributed by atoms with Crippen molar-refractivity contribution in [2.45, 2.75) is 51.0 Å². The van der Waals surface area contributed by atoms with Gasteiger partial charge in [0.15, 0.2) is 5.44 Å². The summed E-state index contributed by atoms with van der Waals surface area (Å²) in [6.07, 6.45) is -0.818. The van der Waals surface area contributed by atoms with E-state index in [0.29, 0.717) is 5.04 Å². The van der Waals surface area contributed by atoms with Crippen molar-refractivity contribution in [2.75, 3.05) is 0 Å². The van der Waals surface area contributed by atoms with E-state index >= 15 is 0 Å². The van der Waals surface area contributed by atoms with Gasteiger partial charge in [-0.1, -0.05) is 25.6 Å². The van der Waals surface area contributed by atoms with E-state index in [-0.39, 0.29) is 5.92 Å². The number of ether oxygens (including phenoxy) is 1. The SMILES string of the molecule is CC(C)C1=NC2C(OC(=O)N(C(C)(C)C)S2(=O)=O)S1. The Morgan fingerprint density at radius 3 is 2.42 bits per heavy atom. The lowest BCUT2D eigenvalue weighted by atomic mass is 10.1. The van der Waals surface area contributed by atoms with E-state index in [1.807, 2.05) is 13.8 Å². The minimum atomic E-state index is -3.82. The quantitative estimate of drug-likeness (QED) is 0.741. The van der Waals surface area contributed by atoms with Crippen LogP contribution in [0.25, 0.3) is 0 Å². The Kier molecular flexibility index (Phi) is 3.37. The molecule has 2 aliphatic heterocycles. The Morgan fingerprint density at radius 1 is 1.37 bits per heavy atom. The third kappa shape index (κ3) is 2.35. The van der Waals surface area contributed by atoms with Gasteiger partial charge in [-0.2, -0.15) is 4.31 Å². The largest absolute Gasteiger partial charge is 0.430 e. The van der Waals surface area contributed by atoms with Crippen LogP contribution in [0.5, 0.6) is 0 Å². The van der Waals surface area contributed by atoms with Crippen molar-refractivity contribution in [2.24, 2.45) is 10.9 Å². The highest BCUT2D eigenvalue weighted by Gasteiger charge is 2.55. The van der Waals surface area contributed by atoms with E-state index in [0.717, 1.165) is 4.31 Å². The lowest BCUT2D eigenvalue weighted by Gasteiger charge is -2.39. The number of carbonyl (C=O) groups excluding carboxylic acids is 1. The van der Waals surface area contributed by atoms with Crippen molar-refractivity contribution in [3.63, 3.8) is 0 Å². The van der Waals surface area contributed by atoms with E-state index in [4.69, 9.17) is 4.74 Å². The molecule has 19 heavy (non-hydrogen) atoms. The number of nitrogens with zero attached hydrogens (tertiary/aromatic N) is 2. The molecule has 0 spiro atoms. The Bertz CT molecular complexity index is 533. The molecule has 8 heteroatoms. The van der Waals surface area contributed by atoms with Gasteiger partial charge in [-0.05, 0) is 20.8 Å². The fourth-order valence-corrected chi connectivity index (χ4v) is 5.44. The van der Waals surface area contributed by atoms with E-state index in [1.165, 1.54) is 11.8 Å². The second-order valence-electron chi connectivity index (χ2n) is 5.86. The van der Waals surface area contributed by atoms with Crippen LogP contribution in [-0.2, 0) is 14.8 Å². The summed E-state index contributed by atoms with van der Waals surface area (Å²) in [5, 5.41) is -0.311. The maximum absolute atomic E-state index is 12.5. The summed E-state index contributed by atoms with van der Waals surface area (Å²) >= 11 is 1.22. The summed E-state index contributed by atoms with van der Waals surface area (Å²) in [7, 11) is -3.82. The van der Waals surface area contributed by atoms with Gasteiger partial charge in [0, 0.05) is 5.92 Å². The van der Waals surface area contributed by atoms with Crippen molar-refractivity contribution in [1.82, 2.24) is 4.31 Å². The second kappa shape index (κ2) is 4.37. The van der Waals surface area contributed by atoms with E-state index in [1.54, 1.807) is 20.8 Å². The molecule has 2 unspecified atom stereocenters. The van der Waals surface area contributed by atoms with Crippen LogP contribution in [-0.4, -0.2) is 40.2 Å². The molecule has 0 aliphatic carbocycles. The maximum atomic E-state index is 12.5. The van der Waals surface area contributed by atoms with Gasteiger partial charge in [-0.15, -0.1) is 0 Å². The molecular formula is C11H18N2O4S2. The summed E-state index contributed by atoms with van der Waals surface area (Å²) in [6, 6.07) is 0. The molecule has 0 bridgehead atoms. The van der Waals surface area contributed by atoms with Gasteiger partial charge in [0.25, 0.3) is 10.0 Å². The molecule has 1 fully saturated rings. The first-order valence-electron chi connectivity index (χ1n) is 6.04. The van der Waals surface area contributed by atoms with Gasteiger partial charge in [0.1, 0.15) is 0 Å². The topological polar surface area (TPSA) is 76.0 Å². The molecule has 2 heterocycles. The summed E-state index contributed by atoms with van der Waals surface area (Å²) < 4.78 is 31.1. The molecule has 0 N–H and O–H groups in total. The summed E-state index contributed by atoms with van der Waals surface area (Å²) in [5.41, 5.74) is -1.62. The van der Waals surface area contributed by atoms with Crippen LogP contribution in [0.3, 0.4) is 0 Å². The molecule has 0 aromatic rings. The Hall–Kier alpha value is -0.760. The summed E-state index contributed by atoms with van der Waals surface area (Å²) in [5.74, 6) is 0.118. The Balaban J connectivity index is 2.44. The number of rotatable bonds is 1. The average Bonchev–Trinajstić information content (AvgIpc) is 2.58. The Morgan fingerprint density at radius 2 is 1.95 bits per heavy atom. The number of sulfonamides is 1. The van der Waals surface area contributed by atoms with Crippen LogP contribution in [0, 0.1) is 5.92 Å². The lowest BCUT2D eigenvalue weighted by Crippen LogP contribution is -2.58. The van der Waals surface area contributed by atoms with E-state index in [2.05, 4.69) is 4.99 Å². The van der Waals surface area contributed by atoms with Crippen LogP contribution in [0.2, 0.25) is 0 Å². The number of hydrogen-bond acceptors (Lipinski definition) is 6. The monoisotopic (exact) mass is 306 g/mol. The normalized spacial score (nSPS) is 30.1. The minimum Gasteiger partial charge on any atom is -0.430 e. The zero-order valence-electron chi connectivity index (χ0n) is 11.6. The van der Waals surface area contributed by atoms with Crippen molar-refractivity contribution in [3.8, 4) is 0 Å². The van der Waals surface area contributed by atoms with Gasteiger partial charge in [-0.3, -0.25) is 4.99 Å². The molecule has 6 nitrogen and oxygen atoms in total. The third-order valence-corrected chi connectivity index (χ3v) is 6.52. The molecule has 0 aromatic heterocycles. The number of fused-ring (bicyclic) bond motifs is 1. The third-order valence-electron chi connectivity index (χ3n) is 2.77. The molecule has 108 valence electrons. The molecule has 1 amide bonds. The van der Waals surface area contributed by atoms with Crippen LogP contribution in [0.1, 0.15) is 34.6 Å². The molecule has 2 atom stereocenters. The first-order chi connectivity index (χ1) is 8.55. The number of amides is 1. The predicted octanol–water partition coefficient (Wildman–Crippen LogP) is 2.02. The standard InChI is InChI=1S/C11H18N2O4S2/c1-6(2)7-12-8-9(18-7)17-10(14)13(11(3,4)5)19(8,15)16/h6,8-9H,1-5H3. The lowest BCUT2D eigenvalue weighted by molar-refractivity contribution is 0.0820. The number of hydrogen-bond donors (Lipinski definition) is 0. The smallest absolute Gasteiger partial charge is 0.425 e. The number of carbonyl (C=O) groups is 1. The number of aliphatic imine (C=N–C) groups is 1. The molecule has 0 radical (unpaired) electrons. The Labute approximate surface area is 117 Å². The van der Waals surface area contributed by atoms with Crippen LogP contribution >= 0.6 is 11.8 Å². The van der Waals surface area contributed by atoms with Gasteiger partial charge in [0.05, 0.1) is 10.6 Å². The van der Waals surface area contributed by atoms with Crippen LogP contribution < -0.4 is 0 Å². The van der Waals surface area contributed by atoms with Gasteiger partial charge in [-0.25, -0.2) is 13.2 Å². The average molecular weight is 306 g/mol. The molecule has 0 saturated carbocycles. The highest BCUT2D eigenvalue weighted by molar-refractivity contribution is 8.15. The van der Waals surface area contributed by atoms with Gasteiger partial charge < -0.3 is 4.74 Å². The molecule has 1 saturated heterocycles. The van der Waals surface area contributed by atoms with Crippen molar-refractivity contribution in [1.29, 1.82) is 0 Å². The van der Waals surface area contributed by atoms with Crippen molar-refractivity contribution >= 4 is 32.9 Å².